The van der Waals surface area contributed by atoms with Gasteiger partial charge in [0.15, 0.2) is 0 Å². The highest BCUT2D eigenvalue weighted by Gasteiger charge is 2.14. The van der Waals surface area contributed by atoms with Crippen LogP contribution in [0.25, 0.3) is 0 Å². The maximum Gasteiger partial charge on any atom is 0.277 e. The van der Waals surface area contributed by atoms with Gasteiger partial charge in [0, 0.05) is 19.6 Å². The van der Waals surface area contributed by atoms with Crippen molar-refractivity contribution in [2.45, 2.75) is 6.54 Å². The molecule has 2 aromatic rings. The van der Waals surface area contributed by atoms with E-state index in [0.29, 0.717) is 29.7 Å². The molecule has 0 atom stereocenters. The van der Waals surface area contributed by atoms with E-state index in [9.17, 15) is 4.79 Å². The number of rotatable bonds is 6. The Labute approximate surface area is 142 Å². The van der Waals surface area contributed by atoms with Crippen LogP contribution in [0.4, 0.5) is 5.82 Å². The molecule has 1 aromatic carbocycles. The van der Waals surface area contributed by atoms with Crippen molar-refractivity contribution in [1.29, 1.82) is 0 Å². The summed E-state index contributed by atoms with van der Waals surface area (Å²) in [7, 11) is 0. The van der Waals surface area contributed by atoms with E-state index in [1.165, 1.54) is 0 Å². The maximum absolute atomic E-state index is 11.6. The molecule has 1 heterocycles. The lowest BCUT2D eigenvalue weighted by Crippen LogP contribution is -3.00. The summed E-state index contributed by atoms with van der Waals surface area (Å²) in [6.07, 6.45) is 0. The largest absolute Gasteiger partial charge is 1.00 e. The van der Waals surface area contributed by atoms with Crippen LogP contribution in [-0.4, -0.2) is 29.3 Å². The van der Waals surface area contributed by atoms with Gasteiger partial charge in [0.25, 0.3) is 5.91 Å². The highest BCUT2D eigenvalue weighted by Crippen LogP contribution is 2.22. The van der Waals surface area contributed by atoms with Gasteiger partial charge in [-0.15, -0.1) is 0 Å². The summed E-state index contributed by atoms with van der Waals surface area (Å²) in [5.41, 5.74) is 6.39. The number of amides is 1. The average molecular weight is 366 g/mol. The van der Waals surface area contributed by atoms with E-state index in [0.717, 1.165) is 5.56 Å². The van der Waals surface area contributed by atoms with Gasteiger partial charge < -0.3 is 28.8 Å². The van der Waals surface area contributed by atoms with Crippen molar-refractivity contribution in [1.82, 2.24) is 20.9 Å². The first-order valence-electron chi connectivity index (χ1n) is 6.09. The van der Waals surface area contributed by atoms with Gasteiger partial charge in [-0.05, 0) is 28.0 Å². The van der Waals surface area contributed by atoms with E-state index in [1.54, 1.807) is 12.1 Å². The molecule has 10 heteroatoms. The van der Waals surface area contributed by atoms with Crippen molar-refractivity contribution in [3.05, 3.63) is 39.5 Å². The fourth-order valence-electron chi connectivity index (χ4n) is 1.58. The number of carbonyl (C=O) groups is 1. The number of anilines is 1. The highest BCUT2D eigenvalue weighted by atomic mass is 35.5. The zero-order valence-corrected chi connectivity index (χ0v) is 13.5. The number of hydrogen-bond donors (Lipinski definition) is 3. The molecule has 0 fully saturated rings. The van der Waals surface area contributed by atoms with Crippen molar-refractivity contribution < 1.29 is 21.8 Å². The van der Waals surface area contributed by atoms with Gasteiger partial charge in [-0.25, -0.2) is 4.63 Å². The lowest BCUT2D eigenvalue weighted by molar-refractivity contribution is -0.0000131. The Kier molecular flexibility index (Phi) is 7.40. The molecule has 4 N–H and O–H groups in total. The van der Waals surface area contributed by atoms with E-state index < -0.39 is 5.91 Å². The van der Waals surface area contributed by atoms with Crippen molar-refractivity contribution in [3.63, 3.8) is 0 Å². The number of halogens is 3. The predicted molar refractivity (Wildman–Crippen MR) is 79.2 cm³/mol. The van der Waals surface area contributed by atoms with Crippen molar-refractivity contribution in [2.75, 3.05) is 18.8 Å². The number of hydrogen-bond acceptors (Lipinski definition) is 6. The van der Waals surface area contributed by atoms with Crippen LogP contribution >= 0.6 is 23.2 Å². The van der Waals surface area contributed by atoms with Crippen molar-refractivity contribution >= 4 is 34.9 Å². The highest BCUT2D eigenvalue weighted by molar-refractivity contribution is 6.42. The summed E-state index contributed by atoms with van der Waals surface area (Å²) in [5, 5.41) is 13.6. The number of nitrogens with two attached hydrogens (primary N) is 1. The van der Waals surface area contributed by atoms with Crippen LogP contribution in [0.3, 0.4) is 0 Å². The first-order valence-corrected chi connectivity index (χ1v) is 6.84. The summed E-state index contributed by atoms with van der Waals surface area (Å²) in [4.78, 5) is 11.6. The first-order chi connectivity index (χ1) is 10.1. The minimum absolute atomic E-state index is 0. The molecule has 0 aliphatic heterocycles. The molecule has 1 amide bonds. The summed E-state index contributed by atoms with van der Waals surface area (Å²) in [5.74, 6) is -0.457. The lowest BCUT2D eigenvalue weighted by Gasteiger charge is -2.07. The van der Waals surface area contributed by atoms with Gasteiger partial charge in [0.2, 0.25) is 11.5 Å². The van der Waals surface area contributed by atoms with E-state index in [1.807, 2.05) is 6.07 Å². The van der Waals surface area contributed by atoms with E-state index in [2.05, 4.69) is 25.6 Å². The second kappa shape index (κ2) is 8.79. The minimum Gasteiger partial charge on any atom is -1.00 e. The molecule has 0 bridgehead atoms. The quantitative estimate of drug-likeness (QED) is 0.537. The van der Waals surface area contributed by atoms with Crippen LogP contribution in [0, 0.1) is 0 Å². The SMILES string of the molecule is Nc1nonc1C(=O)NCCNCc1ccc(Cl)c(Cl)c1.[Cl-]. The molecule has 0 radical (unpaired) electrons. The summed E-state index contributed by atoms with van der Waals surface area (Å²) < 4.78 is 4.35. The molecule has 7 nitrogen and oxygen atoms in total. The second-order valence-electron chi connectivity index (χ2n) is 4.18. The predicted octanol–water partition coefficient (Wildman–Crippen LogP) is -1.52. The van der Waals surface area contributed by atoms with Crippen molar-refractivity contribution in [3.8, 4) is 0 Å². The molecule has 0 aliphatic carbocycles. The average Bonchev–Trinajstić information content (AvgIpc) is 2.88. The number of nitrogens with one attached hydrogen (secondary N) is 2. The topological polar surface area (TPSA) is 106 Å². The molecule has 2 rings (SSSR count). The molecule has 22 heavy (non-hydrogen) atoms. The zero-order chi connectivity index (χ0) is 15.2. The van der Waals surface area contributed by atoms with E-state index in [4.69, 9.17) is 28.9 Å². The van der Waals surface area contributed by atoms with Gasteiger partial charge in [-0.1, -0.05) is 29.3 Å². The van der Waals surface area contributed by atoms with E-state index in [-0.39, 0.29) is 23.9 Å². The van der Waals surface area contributed by atoms with Crippen LogP contribution in [0.1, 0.15) is 16.1 Å². The first kappa shape index (κ1) is 18.5. The number of aromatic nitrogens is 2. The summed E-state index contributed by atoms with van der Waals surface area (Å²) in [6.45, 7) is 1.59. The van der Waals surface area contributed by atoms with E-state index >= 15 is 0 Å². The Bertz CT molecular complexity index is 635. The summed E-state index contributed by atoms with van der Waals surface area (Å²) >= 11 is 11.7. The van der Waals surface area contributed by atoms with Gasteiger partial charge >= 0.3 is 0 Å². The Balaban J connectivity index is 0.00000242. The zero-order valence-electron chi connectivity index (χ0n) is 11.3. The van der Waals surface area contributed by atoms with Gasteiger partial charge in [-0.2, -0.15) is 0 Å². The molecule has 0 aliphatic rings. The van der Waals surface area contributed by atoms with Crippen molar-refractivity contribution in [2.24, 2.45) is 0 Å². The Hall–Kier alpha value is -1.54. The van der Waals surface area contributed by atoms with Crippen LogP contribution in [0.15, 0.2) is 22.8 Å². The lowest BCUT2D eigenvalue weighted by atomic mass is 10.2. The Morgan fingerprint density at radius 2 is 2.00 bits per heavy atom. The van der Waals surface area contributed by atoms with Crippen LogP contribution < -0.4 is 28.8 Å². The number of carbonyl (C=O) groups excluding carboxylic acids is 1. The third kappa shape index (κ3) is 5.03. The Morgan fingerprint density at radius 1 is 1.23 bits per heavy atom. The number of nitrogen functional groups attached to an aromatic ring is 1. The van der Waals surface area contributed by atoms with Crippen LogP contribution in [0.5, 0.6) is 0 Å². The third-order valence-corrected chi connectivity index (χ3v) is 3.37. The Morgan fingerprint density at radius 3 is 2.64 bits per heavy atom. The van der Waals surface area contributed by atoms with Gasteiger partial charge in [0.1, 0.15) is 0 Å². The standard InChI is InChI=1S/C12H13Cl2N5O2.ClH/c13-8-2-1-7(5-9(8)14)6-16-3-4-17-12(20)10-11(15)19-21-18-10;/h1-2,5,16H,3-4,6H2,(H2,15,19)(H,17,20);1H/p-1. The third-order valence-electron chi connectivity index (χ3n) is 2.63. The molecule has 0 spiro atoms. The smallest absolute Gasteiger partial charge is 0.277 e. The molecule has 0 saturated heterocycles. The number of nitrogens with zero attached hydrogens (tertiary/aromatic N) is 2. The number of benzene rings is 1. The summed E-state index contributed by atoms with van der Waals surface area (Å²) in [6, 6.07) is 5.40. The molecular formula is C12H13Cl3N5O2-. The molecule has 0 unspecified atom stereocenters. The van der Waals surface area contributed by atoms with Crippen LogP contribution in [-0.2, 0) is 6.54 Å². The molecule has 0 saturated carbocycles. The minimum atomic E-state index is -0.426. The fourth-order valence-corrected chi connectivity index (χ4v) is 1.90. The normalized spacial score (nSPS) is 10.1. The fraction of sp³-hybridized carbons (Fsp3) is 0.250. The molecular weight excluding hydrogens is 353 g/mol. The molecule has 1 aromatic heterocycles. The van der Waals surface area contributed by atoms with Crippen LogP contribution in [0.2, 0.25) is 10.0 Å². The molecule has 120 valence electrons. The maximum atomic E-state index is 11.6. The monoisotopic (exact) mass is 364 g/mol. The van der Waals surface area contributed by atoms with Gasteiger partial charge in [0.05, 0.1) is 10.0 Å². The van der Waals surface area contributed by atoms with Gasteiger partial charge in [-0.3, -0.25) is 4.79 Å². The second-order valence-corrected chi connectivity index (χ2v) is 4.99.